The van der Waals surface area contributed by atoms with Gasteiger partial charge in [0.1, 0.15) is 0 Å². The fourth-order valence-corrected chi connectivity index (χ4v) is 3.94. The van der Waals surface area contributed by atoms with Crippen molar-refractivity contribution in [3.05, 3.63) is 65.5 Å². The van der Waals surface area contributed by atoms with Crippen LogP contribution in [0.2, 0.25) is 0 Å². The van der Waals surface area contributed by atoms with E-state index in [9.17, 15) is 23.1 Å². The smallest absolute Gasteiger partial charge is 0.396 e. The third-order valence-electron chi connectivity index (χ3n) is 5.78. The molecule has 2 aromatic rings. The van der Waals surface area contributed by atoms with Crippen LogP contribution in [0.25, 0.3) is 0 Å². The molecular formula is C22H25F3N2O2. The predicted molar refractivity (Wildman–Crippen MR) is 103 cm³/mol. The van der Waals surface area contributed by atoms with Crippen LogP contribution in [0.1, 0.15) is 36.0 Å². The summed E-state index contributed by atoms with van der Waals surface area (Å²) in [6.45, 7) is 0.700. The Hall–Kier alpha value is -2.41. The van der Waals surface area contributed by atoms with Crippen LogP contribution in [-0.2, 0) is 23.8 Å². The van der Waals surface area contributed by atoms with E-state index in [0.717, 1.165) is 11.6 Å². The Kier molecular flexibility index (Phi) is 6.57. The molecule has 1 saturated heterocycles. The van der Waals surface area contributed by atoms with Gasteiger partial charge in [-0.05, 0) is 55.0 Å². The van der Waals surface area contributed by atoms with Gasteiger partial charge in [-0.1, -0.05) is 18.2 Å². The lowest BCUT2D eigenvalue weighted by molar-refractivity contribution is -0.138. The molecule has 1 amide bonds. The Morgan fingerprint density at radius 1 is 1.10 bits per heavy atom. The number of benzene rings is 1. The maximum absolute atomic E-state index is 13.3. The van der Waals surface area contributed by atoms with E-state index < -0.39 is 17.2 Å². The quantitative estimate of drug-likeness (QED) is 0.792. The molecule has 0 aliphatic carbocycles. The summed E-state index contributed by atoms with van der Waals surface area (Å²) in [6, 6.07) is 9.27. The normalized spacial score (nSPS) is 16.6. The number of hydrogen-bond acceptors (Lipinski definition) is 3. The van der Waals surface area contributed by atoms with Crippen LogP contribution in [0.3, 0.4) is 0 Å². The van der Waals surface area contributed by atoms with Crippen LogP contribution in [0.4, 0.5) is 13.2 Å². The number of pyridine rings is 1. The Morgan fingerprint density at radius 3 is 2.38 bits per heavy atom. The van der Waals surface area contributed by atoms with Gasteiger partial charge in [0.2, 0.25) is 5.91 Å². The monoisotopic (exact) mass is 406 g/mol. The number of amides is 1. The van der Waals surface area contributed by atoms with Gasteiger partial charge in [0.05, 0.1) is 5.56 Å². The van der Waals surface area contributed by atoms with E-state index >= 15 is 0 Å². The van der Waals surface area contributed by atoms with E-state index in [1.165, 1.54) is 12.1 Å². The second kappa shape index (κ2) is 8.95. The van der Waals surface area contributed by atoms with Gasteiger partial charge < -0.3 is 10.0 Å². The minimum atomic E-state index is -4.42. The summed E-state index contributed by atoms with van der Waals surface area (Å²) in [7, 11) is 0. The molecule has 1 aromatic heterocycles. The van der Waals surface area contributed by atoms with E-state index in [0.29, 0.717) is 38.8 Å². The Labute approximate surface area is 168 Å². The zero-order valence-electron chi connectivity index (χ0n) is 16.2. The molecule has 0 unspecified atom stereocenters. The van der Waals surface area contributed by atoms with Crippen LogP contribution < -0.4 is 0 Å². The Balaban J connectivity index is 1.61. The summed E-state index contributed by atoms with van der Waals surface area (Å²) < 4.78 is 39.9. The van der Waals surface area contributed by atoms with Crippen molar-refractivity contribution in [2.75, 3.05) is 19.7 Å². The molecule has 0 radical (unpaired) electrons. The Bertz CT molecular complexity index is 816. The van der Waals surface area contributed by atoms with Crippen LogP contribution in [0, 0.1) is 5.41 Å². The molecule has 1 aliphatic heterocycles. The number of aryl methyl sites for hydroxylation is 1. The molecule has 0 saturated carbocycles. The average molecular weight is 406 g/mol. The number of nitrogens with zero attached hydrogens (tertiary/aromatic N) is 2. The van der Waals surface area contributed by atoms with Crippen molar-refractivity contribution in [1.29, 1.82) is 0 Å². The van der Waals surface area contributed by atoms with Crippen molar-refractivity contribution < 1.29 is 23.1 Å². The molecule has 4 nitrogen and oxygen atoms in total. The van der Waals surface area contributed by atoms with E-state index in [2.05, 4.69) is 4.98 Å². The molecule has 1 N–H and O–H groups in total. The third-order valence-corrected chi connectivity index (χ3v) is 5.78. The minimum Gasteiger partial charge on any atom is -0.396 e. The second-order valence-electron chi connectivity index (χ2n) is 7.73. The standard InChI is InChI=1S/C22H25F3N2O2/c23-22(24,25)19-4-2-1-3-18(19)15-21(16-28)9-13-27(14-10-21)20(29)6-5-17-7-11-26-12-8-17/h1-4,7-8,11-12,28H,5-6,9-10,13-16H2. The first kappa shape index (κ1) is 21.3. The number of alkyl halides is 3. The summed E-state index contributed by atoms with van der Waals surface area (Å²) in [5.74, 6) is 0.0315. The fourth-order valence-electron chi connectivity index (χ4n) is 3.94. The average Bonchev–Trinajstić information content (AvgIpc) is 2.73. The first-order valence-electron chi connectivity index (χ1n) is 9.76. The molecule has 29 heavy (non-hydrogen) atoms. The lowest BCUT2D eigenvalue weighted by Gasteiger charge is -2.41. The first-order chi connectivity index (χ1) is 13.8. The molecular weight excluding hydrogens is 381 g/mol. The molecule has 2 heterocycles. The number of piperidine rings is 1. The molecule has 1 fully saturated rings. The number of likely N-dealkylation sites (tertiary alicyclic amines) is 1. The van der Waals surface area contributed by atoms with Crippen LogP contribution in [0.5, 0.6) is 0 Å². The lowest BCUT2D eigenvalue weighted by Crippen LogP contribution is -2.45. The van der Waals surface area contributed by atoms with Gasteiger partial charge in [0.25, 0.3) is 0 Å². The molecule has 7 heteroatoms. The van der Waals surface area contributed by atoms with Crippen molar-refractivity contribution in [3.63, 3.8) is 0 Å². The zero-order chi connectivity index (χ0) is 20.9. The van der Waals surface area contributed by atoms with Crippen molar-refractivity contribution in [2.24, 2.45) is 5.41 Å². The Morgan fingerprint density at radius 2 is 1.76 bits per heavy atom. The third kappa shape index (κ3) is 5.35. The van der Waals surface area contributed by atoms with E-state index in [-0.39, 0.29) is 24.5 Å². The zero-order valence-corrected chi connectivity index (χ0v) is 16.2. The predicted octanol–water partition coefficient (Wildman–Crippen LogP) is 3.88. The number of hydrogen-bond donors (Lipinski definition) is 1. The van der Waals surface area contributed by atoms with E-state index in [1.807, 2.05) is 12.1 Å². The van der Waals surface area contributed by atoms with Gasteiger partial charge in [-0.2, -0.15) is 13.2 Å². The van der Waals surface area contributed by atoms with Crippen LogP contribution >= 0.6 is 0 Å². The number of aliphatic hydroxyl groups excluding tert-OH is 1. The number of rotatable bonds is 6. The number of aliphatic hydroxyl groups is 1. The summed E-state index contributed by atoms with van der Waals surface area (Å²) >= 11 is 0. The number of carbonyl (C=O) groups excluding carboxylic acids is 1. The summed E-state index contributed by atoms with van der Waals surface area (Å²) in [4.78, 5) is 18.2. The summed E-state index contributed by atoms with van der Waals surface area (Å²) in [6.07, 6.45) is 1.08. The maximum atomic E-state index is 13.3. The van der Waals surface area contributed by atoms with Gasteiger partial charge >= 0.3 is 6.18 Å². The highest BCUT2D eigenvalue weighted by atomic mass is 19.4. The van der Waals surface area contributed by atoms with Gasteiger partial charge in [0.15, 0.2) is 0 Å². The molecule has 1 aliphatic rings. The molecule has 0 atom stereocenters. The van der Waals surface area contributed by atoms with Gasteiger partial charge in [0, 0.05) is 43.9 Å². The van der Waals surface area contributed by atoms with Gasteiger partial charge in [-0.25, -0.2) is 0 Å². The van der Waals surface area contributed by atoms with Gasteiger partial charge in [-0.3, -0.25) is 9.78 Å². The molecule has 3 rings (SSSR count). The second-order valence-corrected chi connectivity index (χ2v) is 7.73. The summed E-state index contributed by atoms with van der Waals surface area (Å²) in [5, 5.41) is 9.98. The maximum Gasteiger partial charge on any atom is 0.416 e. The lowest BCUT2D eigenvalue weighted by atomic mass is 9.73. The summed E-state index contributed by atoms with van der Waals surface area (Å²) in [5.41, 5.74) is -0.0440. The highest BCUT2D eigenvalue weighted by Crippen LogP contribution is 2.39. The van der Waals surface area contributed by atoms with Crippen molar-refractivity contribution in [2.45, 2.75) is 38.3 Å². The largest absolute Gasteiger partial charge is 0.416 e. The minimum absolute atomic E-state index is 0.0315. The van der Waals surface area contributed by atoms with E-state index in [1.54, 1.807) is 23.4 Å². The highest BCUT2D eigenvalue weighted by Gasteiger charge is 2.39. The first-order valence-corrected chi connectivity index (χ1v) is 9.76. The molecule has 156 valence electrons. The van der Waals surface area contributed by atoms with Gasteiger partial charge in [-0.15, -0.1) is 0 Å². The number of halogens is 3. The van der Waals surface area contributed by atoms with Crippen LogP contribution in [0.15, 0.2) is 48.8 Å². The van der Waals surface area contributed by atoms with Crippen LogP contribution in [-0.4, -0.2) is 40.6 Å². The SMILES string of the molecule is O=C(CCc1ccncc1)N1CCC(CO)(Cc2ccccc2C(F)(F)F)CC1. The molecule has 1 aromatic carbocycles. The van der Waals surface area contributed by atoms with Crippen molar-refractivity contribution >= 4 is 5.91 Å². The van der Waals surface area contributed by atoms with Crippen molar-refractivity contribution in [3.8, 4) is 0 Å². The highest BCUT2D eigenvalue weighted by molar-refractivity contribution is 5.76. The number of carbonyl (C=O) groups is 1. The number of aromatic nitrogens is 1. The fraction of sp³-hybridized carbons (Fsp3) is 0.455. The topological polar surface area (TPSA) is 53.4 Å². The molecule has 0 spiro atoms. The van der Waals surface area contributed by atoms with E-state index in [4.69, 9.17) is 0 Å². The molecule has 0 bridgehead atoms. The van der Waals surface area contributed by atoms with Crippen molar-refractivity contribution in [1.82, 2.24) is 9.88 Å².